The van der Waals surface area contributed by atoms with E-state index in [2.05, 4.69) is 39.6 Å². The fourth-order valence-corrected chi connectivity index (χ4v) is 3.36. The molecule has 2 N–H and O–H groups in total. The third kappa shape index (κ3) is 4.48. The molecule has 4 rings (SSSR count). The standard InChI is InChI=1S/C21H26N4O3/c1-24-8-10-25(11-9-24)18-5-2-16(3-6-18)22-15-21(26)23-17-4-7-19-20(14-17)28-13-12-27-19/h2-7,14,22H,8-13,15H2,1H3,(H,23,26). The maximum atomic E-state index is 12.2. The molecule has 2 aromatic carbocycles. The number of carbonyl (C=O) groups is 1. The maximum Gasteiger partial charge on any atom is 0.243 e. The molecule has 1 saturated heterocycles. The quantitative estimate of drug-likeness (QED) is 0.827. The Labute approximate surface area is 165 Å². The highest BCUT2D eigenvalue weighted by Crippen LogP contribution is 2.32. The molecule has 0 aliphatic carbocycles. The Bertz CT molecular complexity index is 817. The summed E-state index contributed by atoms with van der Waals surface area (Å²) in [5.74, 6) is 1.26. The number of fused-ring (bicyclic) bond motifs is 1. The zero-order valence-corrected chi connectivity index (χ0v) is 16.1. The van der Waals surface area contributed by atoms with Crippen molar-refractivity contribution in [2.45, 2.75) is 0 Å². The molecular formula is C21H26N4O3. The van der Waals surface area contributed by atoms with Crippen LogP contribution in [0.2, 0.25) is 0 Å². The van der Waals surface area contributed by atoms with Crippen LogP contribution in [0.25, 0.3) is 0 Å². The lowest BCUT2D eigenvalue weighted by Gasteiger charge is -2.34. The molecule has 28 heavy (non-hydrogen) atoms. The lowest BCUT2D eigenvalue weighted by Crippen LogP contribution is -2.44. The number of hydrogen-bond donors (Lipinski definition) is 2. The fourth-order valence-electron chi connectivity index (χ4n) is 3.36. The molecule has 2 heterocycles. The number of piperazine rings is 1. The Balaban J connectivity index is 1.27. The first-order valence-corrected chi connectivity index (χ1v) is 9.64. The van der Waals surface area contributed by atoms with Crippen LogP contribution in [0.1, 0.15) is 0 Å². The molecule has 2 aromatic rings. The minimum atomic E-state index is -0.111. The van der Waals surface area contributed by atoms with Crippen LogP contribution in [0.5, 0.6) is 11.5 Å². The summed E-state index contributed by atoms with van der Waals surface area (Å²) >= 11 is 0. The summed E-state index contributed by atoms with van der Waals surface area (Å²) in [6, 6.07) is 13.7. The van der Waals surface area contributed by atoms with Crippen LogP contribution in [0, 0.1) is 0 Å². The molecule has 0 bridgehead atoms. The number of anilines is 3. The van der Waals surface area contributed by atoms with Crippen molar-refractivity contribution in [1.82, 2.24) is 4.90 Å². The number of likely N-dealkylation sites (N-methyl/N-ethyl adjacent to an activating group) is 1. The topological polar surface area (TPSA) is 66.1 Å². The highest BCUT2D eigenvalue weighted by molar-refractivity contribution is 5.94. The van der Waals surface area contributed by atoms with Crippen molar-refractivity contribution >= 4 is 23.0 Å². The maximum absolute atomic E-state index is 12.2. The third-order valence-electron chi connectivity index (χ3n) is 5.01. The van der Waals surface area contributed by atoms with Gasteiger partial charge >= 0.3 is 0 Å². The van der Waals surface area contributed by atoms with Crippen molar-refractivity contribution < 1.29 is 14.3 Å². The van der Waals surface area contributed by atoms with Crippen LogP contribution in [0.15, 0.2) is 42.5 Å². The summed E-state index contributed by atoms with van der Waals surface area (Å²) in [5, 5.41) is 6.05. The molecule has 7 nitrogen and oxygen atoms in total. The number of nitrogens with zero attached hydrogens (tertiary/aromatic N) is 2. The largest absolute Gasteiger partial charge is 0.486 e. The Morgan fingerprint density at radius 1 is 0.929 bits per heavy atom. The van der Waals surface area contributed by atoms with Crippen LogP contribution in [-0.2, 0) is 4.79 Å². The van der Waals surface area contributed by atoms with E-state index >= 15 is 0 Å². The molecule has 0 unspecified atom stereocenters. The minimum absolute atomic E-state index is 0.111. The molecule has 2 aliphatic heterocycles. The highest BCUT2D eigenvalue weighted by atomic mass is 16.6. The van der Waals surface area contributed by atoms with Gasteiger partial charge in [0.25, 0.3) is 0 Å². The molecule has 0 radical (unpaired) electrons. The highest BCUT2D eigenvalue weighted by Gasteiger charge is 2.14. The summed E-state index contributed by atoms with van der Waals surface area (Å²) in [7, 11) is 2.15. The van der Waals surface area contributed by atoms with Gasteiger partial charge in [-0.3, -0.25) is 4.79 Å². The van der Waals surface area contributed by atoms with Gasteiger partial charge in [-0.05, 0) is 43.4 Å². The summed E-state index contributed by atoms with van der Waals surface area (Å²) in [4.78, 5) is 17.0. The van der Waals surface area contributed by atoms with Crippen molar-refractivity contribution in [1.29, 1.82) is 0 Å². The Morgan fingerprint density at radius 3 is 2.36 bits per heavy atom. The number of carbonyl (C=O) groups excluding carboxylic acids is 1. The molecule has 1 fully saturated rings. The average molecular weight is 382 g/mol. The lowest BCUT2D eigenvalue weighted by molar-refractivity contribution is -0.114. The van der Waals surface area contributed by atoms with E-state index in [0.717, 1.165) is 31.9 Å². The normalized spacial score (nSPS) is 16.5. The third-order valence-corrected chi connectivity index (χ3v) is 5.01. The zero-order chi connectivity index (χ0) is 19.3. The second-order valence-electron chi connectivity index (χ2n) is 7.10. The second kappa shape index (κ2) is 8.39. The number of benzene rings is 2. The van der Waals surface area contributed by atoms with E-state index in [1.54, 1.807) is 6.07 Å². The summed E-state index contributed by atoms with van der Waals surface area (Å²) in [5.41, 5.74) is 2.84. The first-order chi connectivity index (χ1) is 13.7. The van der Waals surface area contributed by atoms with Gasteiger partial charge in [-0.2, -0.15) is 0 Å². The number of hydrogen-bond acceptors (Lipinski definition) is 6. The predicted octanol–water partition coefficient (Wildman–Crippen LogP) is 2.26. The Hall–Kier alpha value is -2.93. The van der Waals surface area contributed by atoms with Gasteiger partial charge < -0.3 is 29.9 Å². The smallest absolute Gasteiger partial charge is 0.243 e. The molecule has 1 amide bonds. The molecule has 0 atom stereocenters. The van der Waals surface area contributed by atoms with E-state index in [1.807, 2.05) is 24.3 Å². The van der Waals surface area contributed by atoms with Gasteiger partial charge in [-0.15, -0.1) is 0 Å². The first kappa shape index (κ1) is 18.4. The number of amides is 1. The second-order valence-corrected chi connectivity index (χ2v) is 7.10. The SMILES string of the molecule is CN1CCN(c2ccc(NCC(=O)Nc3ccc4c(c3)OCCO4)cc2)CC1. The summed E-state index contributed by atoms with van der Waals surface area (Å²) in [6.45, 7) is 5.52. The van der Waals surface area contributed by atoms with Crippen LogP contribution in [0.4, 0.5) is 17.1 Å². The number of nitrogens with one attached hydrogen (secondary N) is 2. The molecule has 0 spiro atoms. The van der Waals surface area contributed by atoms with Gasteiger partial charge in [0, 0.05) is 49.3 Å². The molecular weight excluding hydrogens is 356 g/mol. The lowest BCUT2D eigenvalue weighted by atomic mass is 10.2. The van der Waals surface area contributed by atoms with E-state index in [1.165, 1.54) is 5.69 Å². The number of ether oxygens (including phenoxy) is 2. The van der Waals surface area contributed by atoms with E-state index in [0.29, 0.717) is 30.4 Å². The van der Waals surface area contributed by atoms with Crippen LogP contribution < -0.4 is 25.0 Å². The van der Waals surface area contributed by atoms with Crippen LogP contribution >= 0.6 is 0 Å². The molecule has 0 saturated carbocycles. The van der Waals surface area contributed by atoms with Crippen molar-refractivity contribution in [3.63, 3.8) is 0 Å². The molecule has 148 valence electrons. The van der Waals surface area contributed by atoms with Crippen LogP contribution in [0.3, 0.4) is 0 Å². The van der Waals surface area contributed by atoms with Gasteiger partial charge in [0.2, 0.25) is 5.91 Å². The van der Waals surface area contributed by atoms with E-state index in [9.17, 15) is 4.79 Å². The summed E-state index contributed by atoms with van der Waals surface area (Å²) in [6.07, 6.45) is 0. The van der Waals surface area contributed by atoms with E-state index < -0.39 is 0 Å². The van der Waals surface area contributed by atoms with Gasteiger partial charge in [0.05, 0.1) is 6.54 Å². The van der Waals surface area contributed by atoms with Crippen molar-refractivity contribution in [2.24, 2.45) is 0 Å². The first-order valence-electron chi connectivity index (χ1n) is 9.64. The zero-order valence-electron chi connectivity index (χ0n) is 16.1. The summed E-state index contributed by atoms with van der Waals surface area (Å²) < 4.78 is 11.0. The monoisotopic (exact) mass is 382 g/mol. The van der Waals surface area contributed by atoms with Crippen molar-refractivity contribution in [3.05, 3.63) is 42.5 Å². The van der Waals surface area contributed by atoms with Gasteiger partial charge in [0.15, 0.2) is 11.5 Å². The Kier molecular flexibility index (Phi) is 5.53. The number of rotatable bonds is 5. The Morgan fingerprint density at radius 2 is 1.61 bits per heavy atom. The molecule has 0 aromatic heterocycles. The van der Waals surface area contributed by atoms with E-state index in [-0.39, 0.29) is 12.5 Å². The minimum Gasteiger partial charge on any atom is -0.486 e. The van der Waals surface area contributed by atoms with E-state index in [4.69, 9.17) is 9.47 Å². The fraction of sp³-hybridized carbons (Fsp3) is 0.381. The molecule has 2 aliphatic rings. The van der Waals surface area contributed by atoms with Crippen molar-refractivity contribution in [2.75, 3.05) is 68.5 Å². The predicted molar refractivity (Wildman–Crippen MR) is 111 cm³/mol. The molecule has 7 heteroatoms. The van der Waals surface area contributed by atoms with Gasteiger partial charge in [-0.1, -0.05) is 0 Å². The van der Waals surface area contributed by atoms with Gasteiger partial charge in [0.1, 0.15) is 13.2 Å². The average Bonchev–Trinajstić information content (AvgIpc) is 2.73. The van der Waals surface area contributed by atoms with Gasteiger partial charge in [-0.25, -0.2) is 0 Å². The van der Waals surface area contributed by atoms with Crippen LogP contribution in [-0.4, -0.2) is 63.8 Å². The van der Waals surface area contributed by atoms with Crippen molar-refractivity contribution in [3.8, 4) is 11.5 Å².